The number of halogens is 1. The van der Waals surface area contributed by atoms with Crippen molar-refractivity contribution in [2.24, 2.45) is 0 Å². The quantitative estimate of drug-likeness (QED) is 0.499. The van der Waals surface area contributed by atoms with Gasteiger partial charge in [-0.2, -0.15) is 5.10 Å². The molecule has 0 saturated heterocycles. The van der Waals surface area contributed by atoms with Crippen molar-refractivity contribution in [3.63, 3.8) is 0 Å². The van der Waals surface area contributed by atoms with Crippen molar-refractivity contribution in [2.45, 2.75) is 19.4 Å². The van der Waals surface area contributed by atoms with Crippen LogP contribution in [0, 0.1) is 10.1 Å². The molecule has 0 aliphatic heterocycles. The lowest BCUT2D eigenvalue weighted by Crippen LogP contribution is -2.26. The summed E-state index contributed by atoms with van der Waals surface area (Å²) < 4.78 is 1.22. The molecule has 0 radical (unpaired) electrons. The highest BCUT2D eigenvalue weighted by Crippen LogP contribution is 2.28. The van der Waals surface area contributed by atoms with Gasteiger partial charge >= 0.3 is 5.69 Å². The molecule has 1 amide bonds. The number of anilines is 1. The number of benzene rings is 1. The maximum atomic E-state index is 12.3. The van der Waals surface area contributed by atoms with Crippen molar-refractivity contribution in [1.29, 1.82) is 0 Å². The second-order valence-corrected chi connectivity index (χ2v) is 4.95. The third-order valence-corrected chi connectivity index (χ3v) is 3.26. The largest absolute Gasteiger partial charge is 0.506 e. The second kappa shape index (κ2) is 6.44. The van der Waals surface area contributed by atoms with E-state index in [1.54, 1.807) is 6.92 Å². The normalized spacial score (nSPS) is 11.9. The number of aromatic hydroxyl groups is 1. The molecule has 2 N–H and O–H groups in total. The van der Waals surface area contributed by atoms with Crippen molar-refractivity contribution in [3.05, 3.63) is 45.7 Å². The fraction of sp³-hybridized carbons (Fsp3) is 0.231. The summed E-state index contributed by atoms with van der Waals surface area (Å²) >= 11 is 5.81. The Morgan fingerprint density at radius 3 is 2.91 bits per heavy atom. The number of carbonyl (C=O) groups is 1. The molecule has 22 heavy (non-hydrogen) atoms. The van der Waals surface area contributed by atoms with Crippen LogP contribution in [-0.4, -0.2) is 25.7 Å². The van der Waals surface area contributed by atoms with Gasteiger partial charge in [-0.15, -0.1) is 0 Å². The van der Waals surface area contributed by atoms with Gasteiger partial charge in [0.25, 0.3) is 0 Å². The number of hydrogen-bond donors (Lipinski definition) is 2. The summed E-state index contributed by atoms with van der Waals surface area (Å²) in [4.78, 5) is 22.4. The smallest absolute Gasteiger partial charge is 0.307 e. The summed E-state index contributed by atoms with van der Waals surface area (Å²) in [5.74, 6) is -0.586. The molecular weight excluding hydrogens is 312 g/mol. The molecule has 0 aliphatic rings. The molecule has 116 valence electrons. The van der Waals surface area contributed by atoms with Crippen LogP contribution in [0.15, 0.2) is 30.6 Å². The highest BCUT2D eigenvalue weighted by molar-refractivity contribution is 6.31. The first-order valence-corrected chi connectivity index (χ1v) is 6.78. The lowest BCUT2D eigenvalue weighted by atomic mass is 10.2. The van der Waals surface area contributed by atoms with Gasteiger partial charge in [0.15, 0.2) is 0 Å². The third kappa shape index (κ3) is 3.34. The second-order valence-electron chi connectivity index (χ2n) is 4.51. The van der Waals surface area contributed by atoms with Crippen LogP contribution in [0.1, 0.15) is 19.4 Å². The third-order valence-electron chi connectivity index (χ3n) is 3.02. The van der Waals surface area contributed by atoms with Crippen LogP contribution in [0.2, 0.25) is 5.02 Å². The molecule has 1 unspecified atom stereocenters. The molecule has 1 aromatic heterocycles. The number of phenols is 1. The Labute approximate surface area is 130 Å². The molecule has 2 aromatic rings. The number of hydrogen-bond acceptors (Lipinski definition) is 5. The van der Waals surface area contributed by atoms with E-state index >= 15 is 0 Å². The van der Waals surface area contributed by atoms with Crippen molar-refractivity contribution in [2.75, 3.05) is 5.32 Å². The van der Waals surface area contributed by atoms with Gasteiger partial charge in [-0.1, -0.05) is 18.5 Å². The van der Waals surface area contributed by atoms with E-state index in [4.69, 9.17) is 11.6 Å². The van der Waals surface area contributed by atoms with E-state index in [1.807, 2.05) is 0 Å². The van der Waals surface area contributed by atoms with Gasteiger partial charge in [-0.3, -0.25) is 19.6 Å². The van der Waals surface area contributed by atoms with E-state index in [-0.39, 0.29) is 17.1 Å². The van der Waals surface area contributed by atoms with Gasteiger partial charge in [0.2, 0.25) is 5.91 Å². The van der Waals surface area contributed by atoms with Gasteiger partial charge in [0.1, 0.15) is 24.2 Å². The Kier molecular flexibility index (Phi) is 4.62. The van der Waals surface area contributed by atoms with Crippen LogP contribution < -0.4 is 5.32 Å². The molecule has 0 bridgehead atoms. The molecule has 9 heteroatoms. The number of nitro groups is 1. The van der Waals surface area contributed by atoms with Crippen molar-refractivity contribution in [1.82, 2.24) is 9.78 Å². The highest BCUT2D eigenvalue weighted by atomic mass is 35.5. The molecule has 0 aliphatic carbocycles. The summed E-state index contributed by atoms with van der Waals surface area (Å²) in [6, 6.07) is 3.51. The van der Waals surface area contributed by atoms with E-state index in [0.717, 1.165) is 6.20 Å². The molecule has 0 fully saturated rings. The van der Waals surface area contributed by atoms with Crippen LogP contribution in [0.4, 0.5) is 11.4 Å². The van der Waals surface area contributed by atoms with Gasteiger partial charge in [-0.25, -0.2) is 0 Å². The van der Waals surface area contributed by atoms with E-state index in [9.17, 15) is 20.0 Å². The maximum Gasteiger partial charge on any atom is 0.307 e. The molecular formula is C13H13ClN4O4. The molecule has 1 heterocycles. The average Bonchev–Trinajstić information content (AvgIpc) is 2.93. The van der Waals surface area contributed by atoms with E-state index in [2.05, 4.69) is 10.4 Å². The number of rotatable bonds is 5. The first-order chi connectivity index (χ1) is 10.4. The molecule has 2 rings (SSSR count). The molecule has 8 nitrogen and oxygen atoms in total. The molecule has 0 saturated carbocycles. The Hall–Kier alpha value is -2.61. The summed E-state index contributed by atoms with van der Waals surface area (Å²) in [6.45, 7) is 1.75. The van der Waals surface area contributed by atoms with Crippen molar-refractivity contribution in [3.8, 4) is 5.75 Å². The van der Waals surface area contributed by atoms with Crippen LogP contribution in [0.5, 0.6) is 5.75 Å². The van der Waals surface area contributed by atoms with E-state index < -0.39 is 16.9 Å². The van der Waals surface area contributed by atoms with Crippen molar-refractivity contribution >= 4 is 28.9 Å². The lowest BCUT2D eigenvalue weighted by molar-refractivity contribution is -0.385. The topological polar surface area (TPSA) is 110 Å². The summed E-state index contributed by atoms with van der Waals surface area (Å²) in [5, 5.41) is 27.1. The maximum absolute atomic E-state index is 12.3. The minimum absolute atomic E-state index is 0.126. The average molecular weight is 325 g/mol. The van der Waals surface area contributed by atoms with E-state index in [0.29, 0.717) is 11.4 Å². The van der Waals surface area contributed by atoms with Crippen molar-refractivity contribution < 1.29 is 14.8 Å². The number of phenolic OH excluding ortho intramolecular Hbond substituents is 1. The molecule has 1 atom stereocenters. The fourth-order valence-electron chi connectivity index (χ4n) is 1.91. The minimum atomic E-state index is -0.743. The minimum Gasteiger partial charge on any atom is -0.506 e. The first kappa shape index (κ1) is 15.8. The van der Waals surface area contributed by atoms with Crippen LogP contribution in [0.25, 0.3) is 0 Å². The van der Waals surface area contributed by atoms with Gasteiger partial charge < -0.3 is 10.4 Å². The van der Waals surface area contributed by atoms with E-state index in [1.165, 1.54) is 29.1 Å². The summed E-state index contributed by atoms with van der Waals surface area (Å²) in [6.07, 6.45) is 2.63. The highest BCUT2D eigenvalue weighted by Gasteiger charge is 2.22. The fourth-order valence-corrected chi connectivity index (χ4v) is 2.08. The Morgan fingerprint density at radius 2 is 2.32 bits per heavy atom. The zero-order valence-corrected chi connectivity index (χ0v) is 12.3. The predicted molar refractivity (Wildman–Crippen MR) is 80.0 cm³/mol. The van der Waals surface area contributed by atoms with Gasteiger partial charge in [-0.05, 0) is 24.6 Å². The number of aromatic nitrogens is 2. The Bertz CT molecular complexity index is 716. The lowest BCUT2D eigenvalue weighted by Gasteiger charge is -2.15. The first-order valence-electron chi connectivity index (χ1n) is 6.40. The Morgan fingerprint density at radius 1 is 1.59 bits per heavy atom. The zero-order valence-electron chi connectivity index (χ0n) is 11.6. The monoisotopic (exact) mass is 324 g/mol. The molecule has 1 aromatic carbocycles. The number of carbonyl (C=O) groups excluding carboxylic acids is 1. The standard InChI is InChI=1S/C13H13ClN4O4/c1-2-11(17-7-9(6-15-17)18(21)22)13(20)16-10-5-8(14)3-4-12(10)19/h3-7,11,19H,2H2,1H3,(H,16,20). The Balaban J connectivity index is 2.21. The van der Waals surface area contributed by atoms with Crippen LogP contribution in [-0.2, 0) is 4.79 Å². The van der Waals surface area contributed by atoms with Crippen LogP contribution >= 0.6 is 11.6 Å². The van der Waals surface area contributed by atoms with Crippen LogP contribution in [0.3, 0.4) is 0 Å². The molecule has 0 spiro atoms. The van der Waals surface area contributed by atoms with Gasteiger partial charge in [0, 0.05) is 5.02 Å². The summed E-state index contributed by atoms with van der Waals surface area (Å²) in [5.41, 5.74) is -0.0329. The number of nitrogens with one attached hydrogen (secondary N) is 1. The number of nitrogens with zero attached hydrogens (tertiary/aromatic N) is 3. The van der Waals surface area contributed by atoms with Gasteiger partial charge in [0.05, 0.1) is 10.6 Å². The summed E-state index contributed by atoms with van der Waals surface area (Å²) in [7, 11) is 0. The SMILES string of the molecule is CCC(C(=O)Nc1cc(Cl)ccc1O)n1cc([N+](=O)[O-])cn1. The number of amides is 1. The zero-order chi connectivity index (χ0) is 16.3. The predicted octanol–water partition coefficient (Wildman–Crippen LogP) is 2.74.